The molecule has 1 aliphatic carbocycles. The third-order valence-corrected chi connectivity index (χ3v) is 6.64. The van der Waals surface area contributed by atoms with Crippen molar-refractivity contribution in [1.29, 1.82) is 0 Å². The standard InChI is InChI=1S/C20H22ClN3O3S2/c21-15-6-4-5-14(13-15)19(25)23-20(28)22-16-9-11-18(12-10-16)29(26,27)24-17-7-2-1-3-8-17/h4-6,9-13,17,24H,1-3,7-8H2,(H2,22,23,25,28). The fourth-order valence-corrected chi connectivity index (χ4v) is 4.90. The Labute approximate surface area is 181 Å². The summed E-state index contributed by atoms with van der Waals surface area (Å²) in [4.78, 5) is 12.4. The maximum atomic E-state index is 12.5. The summed E-state index contributed by atoms with van der Waals surface area (Å²) < 4.78 is 27.9. The van der Waals surface area contributed by atoms with Crippen molar-refractivity contribution < 1.29 is 13.2 Å². The Bertz CT molecular complexity index is 988. The quantitative estimate of drug-likeness (QED) is 0.596. The molecule has 1 amide bonds. The molecule has 0 radical (unpaired) electrons. The minimum absolute atomic E-state index is 0.000770. The number of sulfonamides is 1. The summed E-state index contributed by atoms with van der Waals surface area (Å²) in [5.41, 5.74) is 0.954. The molecule has 1 fully saturated rings. The minimum atomic E-state index is -3.56. The maximum Gasteiger partial charge on any atom is 0.257 e. The molecule has 9 heteroatoms. The van der Waals surface area contributed by atoms with Crippen LogP contribution in [-0.4, -0.2) is 25.5 Å². The van der Waals surface area contributed by atoms with E-state index in [9.17, 15) is 13.2 Å². The van der Waals surface area contributed by atoms with Crippen LogP contribution in [0.3, 0.4) is 0 Å². The molecule has 0 saturated heterocycles. The van der Waals surface area contributed by atoms with Crippen LogP contribution in [0.1, 0.15) is 42.5 Å². The zero-order chi connectivity index (χ0) is 20.9. The average Bonchev–Trinajstić information content (AvgIpc) is 2.68. The van der Waals surface area contributed by atoms with Crippen LogP contribution < -0.4 is 15.4 Å². The number of hydrogen-bond donors (Lipinski definition) is 3. The monoisotopic (exact) mass is 451 g/mol. The lowest BCUT2D eigenvalue weighted by Gasteiger charge is -2.22. The first-order valence-electron chi connectivity index (χ1n) is 9.34. The first-order valence-corrected chi connectivity index (χ1v) is 11.6. The Balaban J connectivity index is 1.58. The number of amides is 1. The molecule has 29 heavy (non-hydrogen) atoms. The summed E-state index contributed by atoms with van der Waals surface area (Å²) in [6, 6.07) is 12.7. The molecular formula is C20H22ClN3O3S2. The van der Waals surface area contributed by atoms with Crippen LogP contribution in [0.5, 0.6) is 0 Å². The van der Waals surface area contributed by atoms with E-state index in [0.717, 1.165) is 32.1 Å². The van der Waals surface area contributed by atoms with Crippen LogP contribution in [0.25, 0.3) is 0 Å². The Morgan fingerprint density at radius 2 is 1.72 bits per heavy atom. The Morgan fingerprint density at radius 3 is 2.38 bits per heavy atom. The minimum Gasteiger partial charge on any atom is -0.332 e. The number of thiocarbonyl (C=S) groups is 1. The van der Waals surface area contributed by atoms with Gasteiger partial charge >= 0.3 is 0 Å². The fraction of sp³-hybridized carbons (Fsp3) is 0.300. The molecule has 0 unspecified atom stereocenters. The largest absolute Gasteiger partial charge is 0.332 e. The number of benzene rings is 2. The Morgan fingerprint density at radius 1 is 1.03 bits per heavy atom. The van der Waals surface area contributed by atoms with E-state index < -0.39 is 10.0 Å². The van der Waals surface area contributed by atoms with Gasteiger partial charge in [-0.05, 0) is 67.5 Å². The van der Waals surface area contributed by atoms with E-state index in [1.807, 2.05) is 0 Å². The number of nitrogens with one attached hydrogen (secondary N) is 3. The van der Waals surface area contributed by atoms with Crippen molar-refractivity contribution in [3.63, 3.8) is 0 Å². The molecule has 0 bridgehead atoms. The van der Waals surface area contributed by atoms with E-state index in [2.05, 4.69) is 15.4 Å². The number of rotatable bonds is 5. The highest BCUT2D eigenvalue weighted by Gasteiger charge is 2.21. The molecule has 1 aliphatic rings. The molecule has 2 aromatic carbocycles. The molecule has 0 heterocycles. The summed E-state index contributed by atoms with van der Waals surface area (Å²) in [7, 11) is -3.56. The van der Waals surface area contributed by atoms with Crippen LogP contribution in [0.2, 0.25) is 5.02 Å². The van der Waals surface area contributed by atoms with Crippen molar-refractivity contribution in [2.45, 2.75) is 43.0 Å². The van der Waals surface area contributed by atoms with Gasteiger partial charge in [0, 0.05) is 22.3 Å². The number of hydrogen-bond acceptors (Lipinski definition) is 4. The number of carbonyl (C=O) groups is 1. The molecule has 154 valence electrons. The summed E-state index contributed by atoms with van der Waals surface area (Å²) in [5.74, 6) is -0.388. The van der Waals surface area contributed by atoms with E-state index in [1.165, 1.54) is 12.1 Å². The zero-order valence-corrected chi connectivity index (χ0v) is 18.0. The van der Waals surface area contributed by atoms with Crippen LogP contribution in [0.4, 0.5) is 5.69 Å². The van der Waals surface area contributed by atoms with Gasteiger partial charge in [0.25, 0.3) is 5.91 Å². The predicted molar refractivity (Wildman–Crippen MR) is 119 cm³/mol. The molecule has 0 aliphatic heterocycles. The Kier molecular flexibility index (Phi) is 7.23. The summed E-state index contributed by atoms with van der Waals surface area (Å²) in [6.45, 7) is 0. The second-order valence-corrected chi connectivity index (χ2v) is 9.46. The van der Waals surface area contributed by atoms with E-state index in [0.29, 0.717) is 16.3 Å². The first kappa shape index (κ1) is 21.7. The summed E-state index contributed by atoms with van der Waals surface area (Å²) >= 11 is 11.0. The highest BCUT2D eigenvalue weighted by molar-refractivity contribution is 7.89. The third-order valence-electron chi connectivity index (χ3n) is 4.66. The smallest absolute Gasteiger partial charge is 0.257 e. The molecule has 0 spiro atoms. The van der Waals surface area contributed by atoms with Crippen molar-refractivity contribution in [1.82, 2.24) is 10.0 Å². The highest BCUT2D eigenvalue weighted by Crippen LogP contribution is 2.21. The second-order valence-electron chi connectivity index (χ2n) is 6.90. The van der Waals surface area contributed by atoms with Gasteiger partial charge in [-0.1, -0.05) is 36.9 Å². The molecule has 0 aromatic heterocycles. The number of carbonyl (C=O) groups excluding carboxylic acids is 1. The lowest BCUT2D eigenvalue weighted by molar-refractivity contribution is 0.0977. The maximum absolute atomic E-state index is 12.5. The highest BCUT2D eigenvalue weighted by atomic mass is 35.5. The van der Waals surface area contributed by atoms with Crippen LogP contribution in [0.15, 0.2) is 53.4 Å². The fourth-order valence-electron chi connectivity index (χ4n) is 3.19. The van der Waals surface area contributed by atoms with E-state index in [-0.39, 0.29) is 22.0 Å². The topological polar surface area (TPSA) is 87.3 Å². The molecule has 1 saturated carbocycles. The van der Waals surface area contributed by atoms with Gasteiger partial charge in [-0.2, -0.15) is 0 Å². The van der Waals surface area contributed by atoms with E-state index >= 15 is 0 Å². The third kappa shape index (κ3) is 6.24. The predicted octanol–water partition coefficient (Wildman–Crippen LogP) is 4.08. The van der Waals surface area contributed by atoms with Gasteiger partial charge in [0.15, 0.2) is 5.11 Å². The molecule has 2 aromatic rings. The van der Waals surface area contributed by atoms with Crippen LogP contribution >= 0.6 is 23.8 Å². The SMILES string of the molecule is O=C(NC(=S)Nc1ccc(S(=O)(=O)NC2CCCCC2)cc1)c1cccc(Cl)c1. The molecule has 6 nitrogen and oxygen atoms in total. The van der Waals surface area contributed by atoms with Gasteiger partial charge < -0.3 is 5.32 Å². The molecule has 0 atom stereocenters. The van der Waals surface area contributed by atoms with Gasteiger partial charge in [-0.3, -0.25) is 10.1 Å². The van der Waals surface area contributed by atoms with Crippen molar-refractivity contribution >= 4 is 50.5 Å². The summed E-state index contributed by atoms with van der Waals surface area (Å²) in [6.07, 6.45) is 5.01. The average molecular weight is 452 g/mol. The number of halogens is 1. The zero-order valence-electron chi connectivity index (χ0n) is 15.7. The number of anilines is 1. The van der Waals surface area contributed by atoms with E-state index in [1.54, 1.807) is 36.4 Å². The van der Waals surface area contributed by atoms with Crippen molar-refractivity contribution in [3.8, 4) is 0 Å². The van der Waals surface area contributed by atoms with Crippen molar-refractivity contribution in [2.75, 3.05) is 5.32 Å². The lowest BCUT2D eigenvalue weighted by Crippen LogP contribution is -2.36. The molecular weight excluding hydrogens is 430 g/mol. The van der Waals surface area contributed by atoms with E-state index in [4.69, 9.17) is 23.8 Å². The van der Waals surface area contributed by atoms with Gasteiger partial charge in [-0.25, -0.2) is 13.1 Å². The van der Waals surface area contributed by atoms with Crippen molar-refractivity contribution in [2.24, 2.45) is 0 Å². The Hall–Kier alpha value is -2.00. The molecule has 3 rings (SSSR count). The molecule has 3 N–H and O–H groups in total. The first-order chi connectivity index (χ1) is 13.8. The van der Waals surface area contributed by atoms with Gasteiger partial charge in [0.1, 0.15) is 0 Å². The van der Waals surface area contributed by atoms with Crippen LogP contribution in [-0.2, 0) is 10.0 Å². The van der Waals surface area contributed by atoms with Gasteiger partial charge in [0.2, 0.25) is 10.0 Å². The normalized spacial score (nSPS) is 14.9. The van der Waals surface area contributed by atoms with Gasteiger partial charge in [-0.15, -0.1) is 0 Å². The lowest BCUT2D eigenvalue weighted by atomic mass is 9.96. The van der Waals surface area contributed by atoms with Crippen LogP contribution in [0, 0.1) is 0 Å². The second kappa shape index (κ2) is 9.67. The summed E-state index contributed by atoms with van der Waals surface area (Å²) in [5, 5.41) is 5.99. The van der Waals surface area contributed by atoms with Gasteiger partial charge in [0.05, 0.1) is 4.90 Å². The van der Waals surface area contributed by atoms with Crippen molar-refractivity contribution in [3.05, 3.63) is 59.1 Å².